The SMILES string of the molecule is COc1ccc(CNC(=O)C(=O)NC2CCC(C(C)(C)C)CC2)cc1. The van der Waals surface area contributed by atoms with Gasteiger partial charge in [-0.05, 0) is 54.7 Å². The highest BCUT2D eigenvalue weighted by atomic mass is 16.5. The summed E-state index contributed by atoms with van der Waals surface area (Å²) in [6.07, 6.45) is 4.09. The van der Waals surface area contributed by atoms with E-state index in [1.165, 1.54) is 0 Å². The van der Waals surface area contributed by atoms with Crippen LogP contribution in [0.5, 0.6) is 5.75 Å². The first-order valence-electron chi connectivity index (χ1n) is 9.01. The van der Waals surface area contributed by atoms with Crippen LogP contribution < -0.4 is 15.4 Å². The lowest BCUT2D eigenvalue weighted by molar-refractivity contribution is -0.139. The summed E-state index contributed by atoms with van der Waals surface area (Å²) in [7, 11) is 1.61. The molecular formula is C20H30N2O3. The quantitative estimate of drug-likeness (QED) is 0.824. The maximum Gasteiger partial charge on any atom is 0.309 e. The van der Waals surface area contributed by atoms with E-state index in [1.807, 2.05) is 24.3 Å². The van der Waals surface area contributed by atoms with E-state index < -0.39 is 11.8 Å². The number of carbonyl (C=O) groups excluding carboxylic acids is 2. The molecule has 0 spiro atoms. The molecule has 138 valence electrons. The Morgan fingerprint density at radius 3 is 2.16 bits per heavy atom. The van der Waals surface area contributed by atoms with Gasteiger partial charge in [-0.1, -0.05) is 32.9 Å². The minimum atomic E-state index is -0.575. The summed E-state index contributed by atoms with van der Waals surface area (Å²) in [5, 5.41) is 5.54. The van der Waals surface area contributed by atoms with Gasteiger partial charge in [0.1, 0.15) is 5.75 Å². The van der Waals surface area contributed by atoms with Crippen molar-refractivity contribution >= 4 is 11.8 Å². The molecule has 2 rings (SSSR count). The molecule has 1 fully saturated rings. The zero-order chi connectivity index (χ0) is 18.4. The van der Waals surface area contributed by atoms with E-state index in [0.29, 0.717) is 17.9 Å². The van der Waals surface area contributed by atoms with E-state index in [2.05, 4.69) is 31.4 Å². The summed E-state index contributed by atoms with van der Waals surface area (Å²) >= 11 is 0. The van der Waals surface area contributed by atoms with Gasteiger partial charge in [0, 0.05) is 12.6 Å². The van der Waals surface area contributed by atoms with Crippen molar-refractivity contribution in [2.75, 3.05) is 7.11 Å². The molecule has 1 aliphatic carbocycles. The number of rotatable bonds is 4. The maximum atomic E-state index is 12.1. The highest BCUT2D eigenvalue weighted by molar-refractivity contribution is 6.35. The first-order chi connectivity index (χ1) is 11.8. The van der Waals surface area contributed by atoms with Crippen LogP contribution in [0.2, 0.25) is 0 Å². The van der Waals surface area contributed by atoms with Crippen molar-refractivity contribution in [3.05, 3.63) is 29.8 Å². The summed E-state index contributed by atoms with van der Waals surface area (Å²) in [4.78, 5) is 24.1. The molecule has 1 aromatic carbocycles. The molecule has 0 radical (unpaired) electrons. The summed E-state index contributed by atoms with van der Waals surface area (Å²) in [6, 6.07) is 7.50. The van der Waals surface area contributed by atoms with Crippen molar-refractivity contribution in [3.8, 4) is 5.75 Å². The fourth-order valence-electron chi connectivity index (χ4n) is 3.36. The Hall–Kier alpha value is -2.04. The number of hydrogen-bond donors (Lipinski definition) is 2. The van der Waals surface area contributed by atoms with Crippen molar-refractivity contribution < 1.29 is 14.3 Å². The van der Waals surface area contributed by atoms with E-state index in [1.54, 1.807) is 7.11 Å². The van der Waals surface area contributed by atoms with Gasteiger partial charge >= 0.3 is 11.8 Å². The minimum Gasteiger partial charge on any atom is -0.497 e. The van der Waals surface area contributed by atoms with E-state index in [0.717, 1.165) is 37.0 Å². The van der Waals surface area contributed by atoms with Crippen LogP contribution in [-0.2, 0) is 16.1 Å². The zero-order valence-electron chi connectivity index (χ0n) is 15.7. The van der Waals surface area contributed by atoms with Gasteiger partial charge in [-0.15, -0.1) is 0 Å². The van der Waals surface area contributed by atoms with E-state index >= 15 is 0 Å². The smallest absolute Gasteiger partial charge is 0.309 e. The number of benzene rings is 1. The Morgan fingerprint density at radius 1 is 1.04 bits per heavy atom. The highest BCUT2D eigenvalue weighted by Gasteiger charge is 2.30. The van der Waals surface area contributed by atoms with Crippen LogP contribution in [-0.4, -0.2) is 25.0 Å². The molecule has 0 unspecified atom stereocenters. The first-order valence-corrected chi connectivity index (χ1v) is 9.01. The van der Waals surface area contributed by atoms with E-state index in [4.69, 9.17) is 4.74 Å². The molecule has 2 amide bonds. The number of ether oxygens (including phenoxy) is 1. The number of hydrogen-bond acceptors (Lipinski definition) is 3. The van der Waals surface area contributed by atoms with Crippen molar-refractivity contribution in [3.63, 3.8) is 0 Å². The molecule has 1 aliphatic rings. The lowest BCUT2D eigenvalue weighted by Crippen LogP contribution is -2.46. The second-order valence-electron chi connectivity index (χ2n) is 7.92. The average Bonchev–Trinajstić information content (AvgIpc) is 2.59. The second kappa shape index (κ2) is 8.37. The van der Waals surface area contributed by atoms with E-state index in [-0.39, 0.29) is 6.04 Å². The molecule has 2 N–H and O–H groups in total. The molecule has 0 aromatic heterocycles. The predicted molar refractivity (Wildman–Crippen MR) is 98.2 cm³/mol. The van der Waals surface area contributed by atoms with Crippen molar-refractivity contribution in [1.29, 1.82) is 0 Å². The van der Waals surface area contributed by atoms with Gasteiger partial charge < -0.3 is 15.4 Å². The van der Waals surface area contributed by atoms with Gasteiger partial charge in [0.25, 0.3) is 0 Å². The van der Waals surface area contributed by atoms with Gasteiger partial charge in [-0.3, -0.25) is 9.59 Å². The normalized spacial score (nSPS) is 20.6. The van der Waals surface area contributed by atoms with Crippen LogP contribution in [0.25, 0.3) is 0 Å². The number of carbonyl (C=O) groups is 2. The van der Waals surface area contributed by atoms with Crippen LogP contribution in [0, 0.1) is 11.3 Å². The molecule has 0 aliphatic heterocycles. The molecule has 0 saturated heterocycles. The van der Waals surface area contributed by atoms with Crippen molar-refractivity contribution in [2.45, 2.75) is 59.0 Å². The summed E-state index contributed by atoms with van der Waals surface area (Å²) in [5.74, 6) is 0.338. The summed E-state index contributed by atoms with van der Waals surface area (Å²) in [5.41, 5.74) is 1.23. The zero-order valence-corrected chi connectivity index (χ0v) is 15.7. The van der Waals surface area contributed by atoms with Crippen LogP contribution in [0.4, 0.5) is 0 Å². The minimum absolute atomic E-state index is 0.109. The Morgan fingerprint density at radius 2 is 1.64 bits per heavy atom. The number of amides is 2. The van der Waals surface area contributed by atoms with Crippen LogP contribution in [0.15, 0.2) is 24.3 Å². The molecule has 0 heterocycles. The lowest BCUT2D eigenvalue weighted by atomic mass is 9.71. The van der Waals surface area contributed by atoms with Gasteiger partial charge in [0.15, 0.2) is 0 Å². The van der Waals surface area contributed by atoms with Gasteiger partial charge in [-0.2, -0.15) is 0 Å². The fourth-order valence-corrected chi connectivity index (χ4v) is 3.36. The topological polar surface area (TPSA) is 67.4 Å². The average molecular weight is 346 g/mol. The first kappa shape index (κ1) is 19.3. The fraction of sp³-hybridized carbons (Fsp3) is 0.600. The molecule has 0 bridgehead atoms. The monoisotopic (exact) mass is 346 g/mol. The maximum absolute atomic E-state index is 12.1. The van der Waals surface area contributed by atoms with Crippen LogP contribution in [0.1, 0.15) is 52.0 Å². The standard InChI is InChI=1S/C20H30N2O3/c1-20(2,3)15-7-9-16(10-8-15)22-19(24)18(23)21-13-14-5-11-17(25-4)12-6-14/h5-6,11-12,15-16H,7-10,13H2,1-4H3,(H,21,23)(H,22,24). The van der Waals surface area contributed by atoms with Crippen molar-refractivity contribution in [2.24, 2.45) is 11.3 Å². The third-order valence-electron chi connectivity index (χ3n) is 5.11. The largest absolute Gasteiger partial charge is 0.497 e. The Bertz CT molecular complexity index is 582. The number of nitrogens with one attached hydrogen (secondary N) is 2. The van der Waals surface area contributed by atoms with Crippen molar-refractivity contribution in [1.82, 2.24) is 10.6 Å². The third kappa shape index (κ3) is 5.76. The molecule has 1 saturated carbocycles. The summed E-state index contributed by atoms with van der Waals surface area (Å²) < 4.78 is 5.09. The molecule has 5 nitrogen and oxygen atoms in total. The van der Waals surface area contributed by atoms with Crippen LogP contribution in [0.3, 0.4) is 0 Å². The van der Waals surface area contributed by atoms with Gasteiger partial charge in [0.2, 0.25) is 0 Å². The predicted octanol–water partition coefficient (Wildman–Crippen LogP) is 3.03. The second-order valence-corrected chi connectivity index (χ2v) is 7.92. The lowest BCUT2D eigenvalue weighted by Gasteiger charge is -2.37. The molecule has 25 heavy (non-hydrogen) atoms. The van der Waals surface area contributed by atoms with Gasteiger partial charge in [-0.25, -0.2) is 0 Å². The number of methoxy groups -OCH3 is 1. The molecule has 1 aromatic rings. The molecule has 0 atom stereocenters. The van der Waals surface area contributed by atoms with Gasteiger partial charge in [0.05, 0.1) is 7.11 Å². The van der Waals surface area contributed by atoms with E-state index in [9.17, 15) is 9.59 Å². The highest BCUT2D eigenvalue weighted by Crippen LogP contribution is 2.37. The van der Waals surface area contributed by atoms with Crippen LogP contribution >= 0.6 is 0 Å². The Kier molecular flexibility index (Phi) is 6.45. The summed E-state index contributed by atoms with van der Waals surface area (Å²) in [6.45, 7) is 7.13. The Labute approximate surface area is 150 Å². The Balaban J connectivity index is 1.74. The molecule has 5 heteroatoms. The third-order valence-corrected chi connectivity index (χ3v) is 5.11. The molecular weight excluding hydrogens is 316 g/mol.